The number of aromatic nitrogens is 1. The van der Waals surface area contributed by atoms with Gasteiger partial charge in [-0.25, -0.2) is 0 Å². The van der Waals surface area contributed by atoms with Gasteiger partial charge in [-0.1, -0.05) is 0 Å². The minimum atomic E-state index is -0.856. The Bertz CT molecular complexity index is 529. The minimum absolute atomic E-state index is 0.00750. The Hall–Kier alpha value is -1.58. The summed E-state index contributed by atoms with van der Waals surface area (Å²) >= 11 is 0. The van der Waals surface area contributed by atoms with E-state index in [1.807, 2.05) is 24.5 Å². The van der Waals surface area contributed by atoms with Crippen LogP contribution in [-0.4, -0.2) is 15.6 Å². The number of rotatable bonds is 4. The molecule has 1 aliphatic rings. The first-order chi connectivity index (χ1) is 8.50. The van der Waals surface area contributed by atoms with Crippen molar-refractivity contribution in [3.05, 3.63) is 33.2 Å². The van der Waals surface area contributed by atoms with Crippen molar-refractivity contribution in [2.75, 3.05) is 0 Å². The van der Waals surface area contributed by atoms with Crippen LogP contribution in [-0.2, 0) is 24.1 Å². The molecule has 0 saturated heterocycles. The van der Waals surface area contributed by atoms with Gasteiger partial charge in [0, 0.05) is 23.7 Å². The molecule has 2 rings (SSSR count). The third kappa shape index (κ3) is 2.33. The van der Waals surface area contributed by atoms with Crippen LogP contribution in [0.15, 0.2) is 10.9 Å². The number of carboxylic acid groups (broad SMARTS) is 1. The topological polar surface area (TPSA) is 59.3 Å². The molecule has 0 amide bonds. The molecule has 0 fully saturated rings. The highest BCUT2D eigenvalue weighted by Crippen LogP contribution is 2.23. The normalized spacial score (nSPS) is 13.9. The smallest absolute Gasteiger partial charge is 0.303 e. The summed E-state index contributed by atoms with van der Waals surface area (Å²) in [6, 6.07) is 2.06. The summed E-state index contributed by atoms with van der Waals surface area (Å²) < 4.78 is 1.85. The van der Waals surface area contributed by atoms with Crippen molar-refractivity contribution in [3.63, 3.8) is 0 Å². The van der Waals surface area contributed by atoms with Gasteiger partial charge in [0.15, 0.2) is 0 Å². The summed E-state index contributed by atoms with van der Waals surface area (Å²) in [5.74, 6) is -0.856. The maximum absolute atomic E-state index is 12.4. The number of nitrogens with zero attached hydrogens (tertiary/aromatic N) is 1. The van der Waals surface area contributed by atoms with Crippen molar-refractivity contribution >= 4 is 5.97 Å². The molecular formula is C14H19NO3. The van der Waals surface area contributed by atoms with Gasteiger partial charge in [0.1, 0.15) is 0 Å². The van der Waals surface area contributed by atoms with E-state index in [-0.39, 0.29) is 18.0 Å². The molecular weight excluding hydrogens is 230 g/mol. The first kappa shape index (κ1) is 12.9. The van der Waals surface area contributed by atoms with Gasteiger partial charge in [-0.15, -0.1) is 0 Å². The minimum Gasteiger partial charge on any atom is -0.481 e. The van der Waals surface area contributed by atoms with Crippen LogP contribution in [0.3, 0.4) is 0 Å². The molecule has 1 aromatic heterocycles. The second-order valence-electron chi connectivity index (χ2n) is 5.16. The summed E-state index contributed by atoms with van der Waals surface area (Å²) in [7, 11) is 0. The molecule has 0 radical (unpaired) electrons. The molecule has 1 N–H and O–H groups in total. The summed E-state index contributed by atoms with van der Waals surface area (Å²) in [4.78, 5) is 23.0. The number of fused-ring (bicyclic) bond motifs is 1. The molecule has 0 unspecified atom stereocenters. The number of aliphatic carboxylic acids is 1. The molecule has 4 heteroatoms. The molecule has 4 nitrogen and oxygen atoms in total. The largest absolute Gasteiger partial charge is 0.481 e. The van der Waals surface area contributed by atoms with Crippen LogP contribution in [0.4, 0.5) is 0 Å². The highest BCUT2D eigenvalue weighted by molar-refractivity contribution is 5.67. The van der Waals surface area contributed by atoms with Crippen LogP contribution < -0.4 is 5.56 Å². The van der Waals surface area contributed by atoms with Gasteiger partial charge in [-0.2, -0.15) is 0 Å². The first-order valence-electron chi connectivity index (χ1n) is 6.48. The predicted octanol–water partition coefficient (Wildman–Crippen LogP) is 1.94. The van der Waals surface area contributed by atoms with Crippen molar-refractivity contribution in [2.24, 2.45) is 0 Å². The molecule has 0 aromatic carbocycles. The zero-order valence-electron chi connectivity index (χ0n) is 10.9. The fourth-order valence-corrected chi connectivity index (χ4v) is 2.70. The van der Waals surface area contributed by atoms with E-state index >= 15 is 0 Å². The van der Waals surface area contributed by atoms with E-state index in [9.17, 15) is 9.59 Å². The van der Waals surface area contributed by atoms with Gasteiger partial charge in [0.2, 0.25) is 0 Å². The predicted molar refractivity (Wildman–Crippen MR) is 69.1 cm³/mol. The first-order valence-corrected chi connectivity index (χ1v) is 6.48. The van der Waals surface area contributed by atoms with Crippen LogP contribution in [0.5, 0.6) is 0 Å². The Morgan fingerprint density at radius 2 is 2.17 bits per heavy atom. The van der Waals surface area contributed by atoms with Crippen molar-refractivity contribution in [3.8, 4) is 0 Å². The molecule has 1 aromatic rings. The maximum Gasteiger partial charge on any atom is 0.303 e. The molecule has 98 valence electrons. The third-order valence-corrected chi connectivity index (χ3v) is 3.49. The van der Waals surface area contributed by atoms with Crippen LogP contribution in [0.1, 0.15) is 49.6 Å². The summed E-state index contributed by atoms with van der Waals surface area (Å²) in [5.41, 5.74) is 3.01. The third-order valence-electron chi connectivity index (χ3n) is 3.49. The van der Waals surface area contributed by atoms with Crippen molar-refractivity contribution < 1.29 is 9.90 Å². The van der Waals surface area contributed by atoms with Crippen LogP contribution in [0.2, 0.25) is 0 Å². The van der Waals surface area contributed by atoms with Gasteiger partial charge in [0.25, 0.3) is 5.56 Å². The van der Waals surface area contributed by atoms with Crippen LogP contribution in [0, 0.1) is 0 Å². The Morgan fingerprint density at radius 3 is 2.78 bits per heavy atom. The SMILES string of the molecule is CC(C)n1c2c(cc(CCC(=O)O)c1=O)CCC2. The molecule has 0 atom stereocenters. The lowest BCUT2D eigenvalue weighted by Gasteiger charge is -2.17. The molecule has 0 aliphatic heterocycles. The molecule has 1 aliphatic carbocycles. The molecule has 1 heterocycles. The standard InChI is InChI=1S/C14H19NO3/c1-9(2)15-12-5-3-4-10(12)8-11(14(15)18)6-7-13(16)17/h8-9H,3-7H2,1-2H3,(H,16,17). The van der Waals surface area contributed by atoms with Gasteiger partial charge in [0.05, 0.1) is 0 Å². The van der Waals surface area contributed by atoms with Crippen molar-refractivity contribution in [2.45, 2.75) is 52.0 Å². The fourth-order valence-electron chi connectivity index (χ4n) is 2.70. The summed E-state index contributed by atoms with van der Waals surface area (Å²) in [6.45, 7) is 4.00. The van der Waals surface area contributed by atoms with E-state index in [4.69, 9.17) is 5.11 Å². The average Bonchev–Trinajstić information content (AvgIpc) is 2.72. The lowest BCUT2D eigenvalue weighted by molar-refractivity contribution is -0.136. The molecule has 18 heavy (non-hydrogen) atoms. The summed E-state index contributed by atoms with van der Waals surface area (Å²) in [6.07, 6.45) is 3.40. The van der Waals surface area contributed by atoms with E-state index in [2.05, 4.69) is 0 Å². The number of hydrogen-bond acceptors (Lipinski definition) is 2. The Balaban J connectivity index is 2.46. The quantitative estimate of drug-likeness (QED) is 0.887. The second-order valence-corrected chi connectivity index (χ2v) is 5.16. The van der Waals surface area contributed by atoms with E-state index in [1.165, 1.54) is 5.56 Å². The van der Waals surface area contributed by atoms with Gasteiger partial charge < -0.3 is 9.67 Å². The number of aryl methyl sites for hydroxylation is 2. The van der Waals surface area contributed by atoms with E-state index < -0.39 is 5.97 Å². The zero-order chi connectivity index (χ0) is 13.3. The van der Waals surface area contributed by atoms with E-state index in [0.29, 0.717) is 12.0 Å². The number of carbonyl (C=O) groups is 1. The molecule has 0 saturated carbocycles. The Labute approximate surface area is 106 Å². The number of pyridine rings is 1. The number of hydrogen-bond donors (Lipinski definition) is 1. The second kappa shape index (κ2) is 4.96. The highest BCUT2D eigenvalue weighted by atomic mass is 16.4. The Kier molecular flexibility index (Phi) is 3.55. The lowest BCUT2D eigenvalue weighted by Crippen LogP contribution is -2.28. The monoisotopic (exact) mass is 249 g/mol. The zero-order valence-corrected chi connectivity index (χ0v) is 10.9. The van der Waals surface area contributed by atoms with E-state index in [0.717, 1.165) is 25.0 Å². The van der Waals surface area contributed by atoms with Gasteiger partial charge in [-0.05, 0) is 51.2 Å². The highest BCUT2D eigenvalue weighted by Gasteiger charge is 2.20. The van der Waals surface area contributed by atoms with Gasteiger partial charge >= 0.3 is 5.97 Å². The van der Waals surface area contributed by atoms with Crippen molar-refractivity contribution in [1.29, 1.82) is 0 Å². The van der Waals surface area contributed by atoms with Crippen molar-refractivity contribution in [1.82, 2.24) is 4.57 Å². The van der Waals surface area contributed by atoms with Crippen LogP contribution >= 0.6 is 0 Å². The Morgan fingerprint density at radius 1 is 1.44 bits per heavy atom. The van der Waals surface area contributed by atoms with Crippen LogP contribution in [0.25, 0.3) is 0 Å². The van der Waals surface area contributed by atoms with Gasteiger partial charge in [-0.3, -0.25) is 9.59 Å². The maximum atomic E-state index is 12.4. The molecule has 0 bridgehead atoms. The summed E-state index contributed by atoms with van der Waals surface area (Å²) in [5, 5.41) is 8.73. The van der Waals surface area contributed by atoms with E-state index in [1.54, 1.807) is 0 Å². The lowest BCUT2D eigenvalue weighted by atomic mass is 10.1. The molecule has 0 spiro atoms. The fraction of sp³-hybridized carbons (Fsp3) is 0.571. The average molecular weight is 249 g/mol. The number of carboxylic acids is 1.